The standard InChI is InChI=1S/C11H10FN3O2S/c12-8-2-1-3-9(6-8)15-18(16,17)11-7-14-5-4-10(11)13/h1-7,15H,(H2,13,14). The predicted octanol–water partition coefficient (Wildman–Crippen LogP) is 1.60. The lowest BCUT2D eigenvalue weighted by molar-refractivity contribution is 0.601. The van der Waals surface area contributed by atoms with Crippen LogP contribution in [0.1, 0.15) is 0 Å². The van der Waals surface area contributed by atoms with E-state index in [1.807, 2.05) is 0 Å². The second-order valence-corrected chi connectivity index (χ2v) is 5.18. The van der Waals surface area contributed by atoms with E-state index in [2.05, 4.69) is 9.71 Å². The molecule has 2 aromatic rings. The molecule has 3 N–H and O–H groups in total. The number of anilines is 2. The number of benzene rings is 1. The van der Waals surface area contributed by atoms with Crippen molar-refractivity contribution >= 4 is 21.4 Å². The van der Waals surface area contributed by atoms with Gasteiger partial charge in [-0.25, -0.2) is 12.8 Å². The molecule has 0 aliphatic rings. The summed E-state index contributed by atoms with van der Waals surface area (Å²) in [7, 11) is -3.86. The van der Waals surface area contributed by atoms with Gasteiger partial charge in [-0.2, -0.15) is 0 Å². The molecule has 7 heteroatoms. The molecule has 0 amide bonds. The van der Waals surface area contributed by atoms with Gasteiger partial charge in [0, 0.05) is 12.4 Å². The third kappa shape index (κ3) is 2.57. The molecule has 1 aromatic carbocycles. The second-order valence-electron chi connectivity index (χ2n) is 3.53. The number of hydrogen-bond acceptors (Lipinski definition) is 4. The second kappa shape index (κ2) is 4.61. The van der Waals surface area contributed by atoms with Gasteiger partial charge in [0.15, 0.2) is 0 Å². The molecular weight excluding hydrogens is 257 g/mol. The quantitative estimate of drug-likeness (QED) is 0.884. The van der Waals surface area contributed by atoms with Crippen LogP contribution in [0.4, 0.5) is 15.8 Å². The van der Waals surface area contributed by atoms with E-state index in [1.165, 1.54) is 30.5 Å². The Kier molecular flexibility index (Phi) is 3.15. The maximum atomic E-state index is 13.0. The molecule has 0 atom stereocenters. The van der Waals surface area contributed by atoms with Crippen LogP contribution < -0.4 is 10.5 Å². The van der Waals surface area contributed by atoms with E-state index >= 15 is 0 Å². The van der Waals surface area contributed by atoms with Crippen LogP contribution in [0.15, 0.2) is 47.6 Å². The summed E-state index contributed by atoms with van der Waals surface area (Å²) in [5.74, 6) is -0.533. The van der Waals surface area contributed by atoms with Crippen LogP contribution >= 0.6 is 0 Å². The number of halogens is 1. The number of nitrogen functional groups attached to an aromatic ring is 1. The molecule has 0 unspecified atom stereocenters. The average molecular weight is 267 g/mol. The molecular formula is C11H10FN3O2S. The molecule has 2 rings (SSSR count). The molecule has 94 valence electrons. The number of nitrogens with zero attached hydrogens (tertiary/aromatic N) is 1. The smallest absolute Gasteiger partial charge is 0.265 e. The van der Waals surface area contributed by atoms with Crippen molar-refractivity contribution in [2.75, 3.05) is 10.5 Å². The summed E-state index contributed by atoms with van der Waals surface area (Å²) in [6.45, 7) is 0. The SMILES string of the molecule is Nc1ccncc1S(=O)(=O)Nc1cccc(F)c1. The predicted molar refractivity (Wildman–Crippen MR) is 65.9 cm³/mol. The van der Waals surface area contributed by atoms with E-state index in [-0.39, 0.29) is 16.3 Å². The van der Waals surface area contributed by atoms with Crippen LogP contribution in [-0.2, 0) is 10.0 Å². The van der Waals surface area contributed by atoms with Crippen LogP contribution in [-0.4, -0.2) is 13.4 Å². The van der Waals surface area contributed by atoms with Crippen LogP contribution in [0.5, 0.6) is 0 Å². The maximum Gasteiger partial charge on any atom is 0.265 e. The summed E-state index contributed by atoms with van der Waals surface area (Å²) in [5, 5.41) is 0. The first-order chi connectivity index (χ1) is 8.49. The van der Waals surface area contributed by atoms with Gasteiger partial charge in [-0.05, 0) is 24.3 Å². The lowest BCUT2D eigenvalue weighted by Crippen LogP contribution is -2.15. The van der Waals surface area contributed by atoms with Gasteiger partial charge in [0.1, 0.15) is 10.7 Å². The molecule has 0 bridgehead atoms. The van der Waals surface area contributed by atoms with Crippen molar-refractivity contribution in [2.45, 2.75) is 4.90 Å². The number of hydrogen-bond donors (Lipinski definition) is 2. The van der Waals surface area contributed by atoms with E-state index in [9.17, 15) is 12.8 Å². The zero-order valence-corrected chi connectivity index (χ0v) is 9.99. The third-order valence-electron chi connectivity index (χ3n) is 2.18. The molecule has 0 saturated heterocycles. The van der Waals surface area contributed by atoms with Crippen molar-refractivity contribution < 1.29 is 12.8 Å². The Labute approximate surface area is 104 Å². The maximum absolute atomic E-state index is 13.0. The van der Waals surface area contributed by atoms with Gasteiger partial charge in [0.2, 0.25) is 0 Å². The number of sulfonamides is 1. The summed E-state index contributed by atoms with van der Waals surface area (Å²) in [6, 6.07) is 6.51. The fourth-order valence-electron chi connectivity index (χ4n) is 1.38. The van der Waals surface area contributed by atoms with E-state index in [4.69, 9.17) is 5.73 Å². The minimum atomic E-state index is -3.86. The largest absolute Gasteiger partial charge is 0.398 e. The Bertz CT molecular complexity index is 673. The van der Waals surface area contributed by atoms with Gasteiger partial charge in [0.25, 0.3) is 10.0 Å². The van der Waals surface area contributed by atoms with Crippen molar-refractivity contribution in [3.8, 4) is 0 Å². The van der Waals surface area contributed by atoms with Crippen LogP contribution in [0.3, 0.4) is 0 Å². The van der Waals surface area contributed by atoms with Crippen molar-refractivity contribution in [2.24, 2.45) is 0 Å². The van der Waals surface area contributed by atoms with E-state index in [0.29, 0.717) is 0 Å². The normalized spacial score (nSPS) is 11.2. The van der Waals surface area contributed by atoms with Crippen LogP contribution in [0.25, 0.3) is 0 Å². The lowest BCUT2D eigenvalue weighted by Gasteiger charge is -2.09. The van der Waals surface area contributed by atoms with Gasteiger partial charge in [-0.3, -0.25) is 9.71 Å². The molecule has 0 fully saturated rings. The zero-order chi connectivity index (χ0) is 13.2. The van der Waals surface area contributed by atoms with Crippen LogP contribution in [0, 0.1) is 5.82 Å². The monoisotopic (exact) mass is 267 g/mol. The van der Waals surface area contributed by atoms with Gasteiger partial charge in [-0.1, -0.05) is 6.07 Å². The van der Waals surface area contributed by atoms with Gasteiger partial charge < -0.3 is 5.73 Å². The van der Waals surface area contributed by atoms with E-state index < -0.39 is 15.8 Å². The number of rotatable bonds is 3. The minimum Gasteiger partial charge on any atom is -0.398 e. The number of nitrogens with two attached hydrogens (primary N) is 1. The first-order valence-corrected chi connectivity index (χ1v) is 6.45. The third-order valence-corrected chi connectivity index (χ3v) is 3.61. The van der Waals surface area contributed by atoms with Crippen molar-refractivity contribution in [1.82, 2.24) is 4.98 Å². The number of nitrogens with one attached hydrogen (secondary N) is 1. The molecule has 5 nitrogen and oxygen atoms in total. The summed E-state index contributed by atoms with van der Waals surface area (Å²) in [6.07, 6.45) is 2.52. The Morgan fingerprint density at radius 1 is 1.28 bits per heavy atom. The zero-order valence-electron chi connectivity index (χ0n) is 9.17. The summed E-state index contributed by atoms with van der Waals surface area (Å²) < 4.78 is 39.1. The highest BCUT2D eigenvalue weighted by atomic mass is 32.2. The Balaban J connectivity index is 2.37. The average Bonchev–Trinajstić information content (AvgIpc) is 2.28. The lowest BCUT2D eigenvalue weighted by atomic mass is 10.3. The molecule has 0 aliphatic carbocycles. The molecule has 0 aliphatic heterocycles. The molecule has 18 heavy (non-hydrogen) atoms. The minimum absolute atomic E-state index is 0.0777. The summed E-state index contributed by atoms with van der Waals surface area (Å²) >= 11 is 0. The van der Waals surface area contributed by atoms with E-state index in [1.54, 1.807) is 0 Å². The van der Waals surface area contributed by atoms with Crippen molar-refractivity contribution in [3.63, 3.8) is 0 Å². The highest BCUT2D eigenvalue weighted by Crippen LogP contribution is 2.20. The van der Waals surface area contributed by atoms with Gasteiger partial charge >= 0.3 is 0 Å². The Morgan fingerprint density at radius 3 is 2.72 bits per heavy atom. The molecule has 1 aromatic heterocycles. The fourth-order valence-corrected chi connectivity index (χ4v) is 2.50. The van der Waals surface area contributed by atoms with Crippen molar-refractivity contribution in [3.05, 3.63) is 48.5 Å². The van der Waals surface area contributed by atoms with E-state index in [0.717, 1.165) is 12.3 Å². The topological polar surface area (TPSA) is 85.1 Å². The number of pyridine rings is 1. The molecule has 0 spiro atoms. The highest BCUT2D eigenvalue weighted by molar-refractivity contribution is 7.92. The Morgan fingerprint density at radius 2 is 2.06 bits per heavy atom. The summed E-state index contributed by atoms with van der Waals surface area (Å²) in [5.41, 5.74) is 5.76. The number of aromatic nitrogens is 1. The first-order valence-electron chi connectivity index (χ1n) is 4.97. The van der Waals surface area contributed by atoms with Gasteiger partial charge in [-0.15, -0.1) is 0 Å². The fraction of sp³-hybridized carbons (Fsp3) is 0. The molecule has 1 heterocycles. The van der Waals surface area contributed by atoms with Gasteiger partial charge in [0.05, 0.1) is 11.4 Å². The van der Waals surface area contributed by atoms with Crippen LogP contribution in [0.2, 0.25) is 0 Å². The Hall–Kier alpha value is -2.15. The van der Waals surface area contributed by atoms with Crippen molar-refractivity contribution in [1.29, 1.82) is 0 Å². The molecule has 0 radical (unpaired) electrons. The highest BCUT2D eigenvalue weighted by Gasteiger charge is 2.17. The summed E-state index contributed by atoms with van der Waals surface area (Å²) in [4.78, 5) is 3.55. The first kappa shape index (κ1) is 12.3. The molecule has 0 saturated carbocycles.